The molecule has 0 aromatic rings. The molecular formula is C25H51BP+. The Morgan fingerprint density at radius 2 is 1.07 bits per heavy atom. The third-order valence-electron chi connectivity index (χ3n) is 7.79. The van der Waals surface area contributed by atoms with Gasteiger partial charge in [-0.15, -0.1) is 0 Å². The average Bonchev–Trinajstić information content (AvgIpc) is 2.60. The minimum atomic E-state index is -0.316. The van der Waals surface area contributed by atoms with Gasteiger partial charge in [0, 0.05) is 7.92 Å². The Bertz CT molecular complexity index is 362. The van der Waals surface area contributed by atoms with E-state index < -0.39 is 0 Å². The van der Waals surface area contributed by atoms with E-state index in [1.165, 1.54) is 63.9 Å². The largest absolute Gasteiger partial charge is 0.146 e. The van der Waals surface area contributed by atoms with Crippen LogP contribution in [0.4, 0.5) is 0 Å². The third kappa shape index (κ3) is 8.03. The molecule has 0 saturated heterocycles. The molecule has 0 aromatic heterocycles. The average molecular weight is 393 g/mol. The van der Waals surface area contributed by atoms with Gasteiger partial charge in [0.05, 0.1) is 16.5 Å². The Hall–Kier alpha value is 0.495. The van der Waals surface area contributed by atoms with E-state index in [2.05, 4.69) is 41.5 Å². The molecule has 0 aliphatic heterocycles. The van der Waals surface area contributed by atoms with Crippen molar-refractivity contribution in [1.29, 1.82) is 0 Å². The van der Waals surface area contributed by atoms with Crippen LogP contribution in [0.2, 0.25) is 18.0 Å². The zero-order valence-electron chi connectivity index (χ0n) is 19.8. The Balaban J connectivity index is 1.80. The molecule has 0 amide bonds. The van der Waals surface area contributed by atoms with Crippen molar-refractivity contribution < 1.29 is 0 Å². The lowest BCUT2D eigenvalue weighted by Gasteiger charge is -2.36. The van der Waals surface area contributed by atoms with Gasteiger partial charge in [-0.05, 0) is 48.0 Å². The molecule has 2 heteroatoms. The zero-order chi connectivity index (χ0) is 19.9. The summed E-state index contributed by atoms with van der Waals surface area (Å²) in [4.78, 5) is 0. The molecule has 0 atom stereocenters. The van der Waals surface area contributed by atoms with Crippen LogP contribution in [0.3, 0.4) is 0 Å². The lowest BCUT2D eigenvalue weighted by atomic mass is 9.28. The first kappa shape index (κ1) is 23.8. The van der Waals surface area contributed by atoms with Crippen LogP contribution in [-0.2, 0) is 0 Å². The van der Waals surface area contributed by atoms with Gasteiger partial charge < -0.3 is 0 Å². The van der Waals surface area contributed by atoms with Crippen molar-refractivity contribution >= 4 is 14.6 Å². The molecule has 2 aliphatic carbocycles. The van der Waals surface area contributed by atoms with Gasteiger partial charge in [-0.3, -0.25) is 0 Å². The van der Waals surface area contributed by atoms with E-state index in [1.807, 2.05) is 0 Å². The minimum Gasteiger partial charge on any atom is -0.0737 e. The van der Waals surface area contributed by atoms with E-state index >= 15 is 0 Å². The van der Waals surface area contributed by atoms with E-state index in [1.54, 1.807) is 32.0 Å². The van der Waals surface area contributed by atoms with Crippen LogP contribution in [0, 0.1) is 0 Å². The summed E-state index contributed by atoms with van der Waals surface area (Å²) < 4.78 is 0. The van der Waals surface area contributed by atoms with Crippen molar-refractivity contribution in [1.82, 2.24) is 0 Å². The second-order valence-electron chi connectivity index (χ2n) is 12.0. The Morgan fingerprint density at radius 3 is 1.48 bits per heavy atom. The van der Waals surface area contributed by atoms with Gasteiger partial charge in [-0.25, -0.2) is 0 Å². The molecule has 0 unspecified atom stereocenters. The van der Waals surface area contributed by atoms with Crippen LogP contribution in [0.15, 0.2) is 0 Å². The molecule has 0 bridgehead atoms. The fourth-order valence-corrected chi connectivity index (χ4v) is 11.1. The highest BCUT2D eigenvalue weighted by atomic mass is 31.1. The fraction of sp³-hybridized carbons (Fsp3) is 1.00. The first-order chi connectivity index (χ1) is 12.7. The summed E-state index contributed by atoms with van der Waals surface area (Å²) in [6, 6.07) is 0. The summed E-state index contributed by atoms with van der Waals surface area (Å²) >= 11 is 0. The first-order valence-electron chi connectivity index (χ1n) is 12.6. The lowest BCUT2D eigenvalue weighted by molar-refractivity contribution is 0.459. The minimum absolute atomic E-state index is 0.316. The smallest absolute Gasteiger partial charge is 0.0737 e. The normalized spacial score (nSPS) is 21.0. The standard InChI is InChI=1S/C25H50BP/c1-24(2,3)27(25(4,5)6)21-15-9-14-20-26(22-16-10-7-11-17-22)23-18-12-8-13-19-23/h22-23H,7-21H2,1-6H3/p+1. The van der Waals surface area contributed by atoms with Gasteiger partial charge in [-0.2, -0.15) is 0 Å². The summed E-state index contributed by atoms with van der Waals surface area (Å²) in [5.74, 6) is 2.18. The van der Waals surface area contributed by atoms with Crippen molar-refractivity contribution in [3.63, 3.8) is 0 Å². The van der Waals surface area contributed by atoms with E-state index in [4.69, 9.17) is 0 Å². The molecule has 0 nitrogen and oxygen atoms in total. The van der Waals surface area contributed by atoms with Crippen LogP contribution in [0.1, 0.15) is 125 Å². The van der Waals surface area contributed by atoms with E-state index in [-0.39, 0.29) is 7.92 Å². The summed E-state index contributed by atoms with van der Waals surface area (Å²) in [5, 5.41) is 1.07. The predicted molar refractivity (Wildman–Crippen MR) is 131 cm³/mol. The van der Waals surface area contributed by atoms with Gasteiger partial charge in [-0.1, -0.05) is 95.0 Å². The highest BCUT2D eigenvalue weighted by Gasteiger charge is 2.41. The molecular weight excluding hydrogens is 342 g/mol. The quantitative estimate of drug-likeness (QED) is 0.219. The van der Waals surface area contributed by atoms with Crippen LogP contribution >= 0.6 is 7.92 Å². The number of unbranched alkanes of at least 4 members (excludes halogenated alkanes) is 2. The van der Waals surface area contributed by atoms with Crippen LogP contribution in [0.25, 0.3) is 0 Å². The van der Waals surface area contributed by atoms with Gasteiger partial charge in [0.25, 0.3) is 0 Å². The molecule has 0 aromatic carbocycles. The summed E-state index contributed by atoms with van der Waals surface area (Å²) in [6.45, 7) is 16.1. The molecule has 2 rings (SSSR count). The molecule has 0 spiro atoms. The Labute approximate surface area is 174 Å². The molecule has 2 saturated carbocycles. The maximum atomic E-state index is 2.49. The van der Waals surface area contributed by atoms with E-state index in [0.717, 1.165) is 18.3 Å². The fourth-order valence-electron chi connectivity index (χ4n) is 6.71. The molecule has 0 radical (unpaired) electrons. The second-order valence-corrected chi connectivity index (χ2v) is 16.5. The van der Waals surface area contributed by atoms with Gasteiger partial charge >= 0.3 is 0 Å². The zero-order valence-corrected chi connectivity index (χ0v) is 20.8. The molecule has 2 aliphatic rings. The monoisotopic (exact) mass is 393 g/mol. The summed E-state index contributed by atoms with van der Waals surface area (Å²) in [7, 11) is -0.316. The Morgan fingerprint density at radius 1 is 0.630 bits per heavy atom. The molecule has 158 valence electrons. The number of hydrogen-bond donors (Lipinski definition) is 0. The van der Waals surface area contributed by atoms with Crippen LogP contribution < -0.4 is 0 Å². The molecule has 27 heavy (non-hydrogen) atoms. The number of hydrogen-bond acceptors (Lipinski definition) is 0. The van der Waals surface area contributed by atoms with E-state index in [0.29, 0.717) is 10.3 Å². The Kier molecular flexibility index (Phi) is 9.72. The maximum absolute atomic E-state index is 2.49. The highest BCUT2D eigenvalue weighted by Crippen LogP contribution is 2.59. The molecule has 0 N–H and O–H groups in total. The van der Waals surface area contributed by atoms with Crippen molar-refractivity contribution in [3.8, 4) is 0 Å². The van der Waals surface area contributed by atoms with Crippen molar-refractivity contribution in [2.75, 3.05) is 6.16 Å². The summed E-state index contributed by atoms with van der Waals surface area (Å²) in [6.07, 6.45) is 22.9. The van der Waals surface area contributed by atoms with Crippen LogP contribution in [0.5, 0.6) is 0 Å². The van der Waals surface area contributed by atoms with Gasteiger partial charge in [0.2, 0.25) is 0 Å². The van der Waals surface area contributed by atoms with Crippen molar-refractivity contribution in [3.05, 3.63) is 0 Å². The van der Waals surface area contributed by atoms with Gasteiger partial charge in [0.15, 0.2) is 0 Å². The predicted octanol–water partition coefficient (Wildman–Crippen LogP) is 9.13. The second kappa shape index (κ2) is 11.0. The van der Waals surface area contributed by atoms with E-state index in [9.17, 15) is 0 Å². The summed E-state index contributed by atoms with van der Waals surface area (Å²) in [5.41, 5.74) is 0. The topological polar surface area (TPSA) is 0 Å². The molecule has 0 heterocycles. The van der Waals surface area contributed by atoms with Crippen molar-refractivity contribution in [2.24, 2.45) is 0 Å². The number of rotatable bonds is 8. The first-order valence-corrected chi connectivity index (χ1v) is 14.3. The lowest BCUT2D eigenvalue weighted by Crippen LogP contribution is -2.30. The maximum Gasteiger partial charge on any atom is 0.146 e. The van der Waals surface area contributed by atoms with Crippen LogP contribution in [-0.4, -0.2) is 23.2 Å². The van der Waals surface area contributed by atoms with Gasteiger partial charge in [0.1, 0.15) is 6.71 Å². The highest BCUT2D eigenvalue weighted by molar-refractivity contribution is 7.60. The van der Waals surface area contributed by atoms with Crippen molar-refractivity contribution in [2.45, 2.75) is 153 Å². The SMILES string of the molecule is CC(C)(C)[PH+](CCCCCB(C1CCCCC1)C1CCCCC1)C(C)(C)C. The molecule has 2 fully saturated rings. The third-order valence-corrected chi connectivity index (χ3v) is 12.3.